The molecule has 1 aliphatic carbocycles. The third-order valence-electron chi connectivity index (χ3n) is 4.31. The van der Waals surface area contributed by atoms with Gasteiger partial charge in [0, 0.05) is 28.3 Å². The first kappa shape index (κ1) is 13.0. The van der Waals surface area contributed by atoms with Crippen LogP contribution in [0.2, 0.25) is 0 Å². The van der Waals surface area contributed by atoms with Crippen molar-refractivity contribution < 1.29 is 0 Å². The molecule has 2 N–H and O–H groups in total. The van der Waals surface area contributed by atoms with Gasteiger partial charge >= 0.3 is 0 Å². The van der Waals surface area contributed by atoms with E-state index in [2.05, 4.69) is 40.8 Å². The lowest BCUT2D eigenvalue weighted by atomic mass is 9.62. The van der Waals surface area contributed by atoms with Crippen LogP contribution in [0.3, 0.4) is 0 Å². The molecule has 0 aromatic carbocycles. The zero-order chi connectivity index (χ0) is 12.5. The Hall–Kier alpha value is -0.410. The SMILES string of the molecule is CC1(C)CCCCC1(N)Cc1ccc(Br)cn1. The maximum absolute atomic E-state index is 6.66. The molecule has 0 spiro atoms. The Balaban J connectivity index is 2.18. The number of hydrogen-bond donors (Lipinski definition) is 1. The number of hydrogen-bond acceptors (Lipinski definition) is 2. The average molecular weight is 297 g/mol. The summed E-state index contributed by atoms with van der Waals surface area (Å²) in [4.78, 5) is 4.46. The molecular formula is C14H21BrN2. The van der Waals surface area contributed by atoms with E-state index in [0.29, 0.717) is 0 Å². The van der Waals surface area contributed by atoms with Gasteiger partial charge in [0.15, 0.2) is 0 Å². The fourth-order valence-corrected chi connectivity index (χ4v) is 2.99. The third kappa shape index (κ3) is 2.71. The summed E-state index contributed by atoms with van der Waals surface area (Å²) in [6.07, 6.45) is 7.62. The smallest absolute Gasteiger partial charge is 0.0422 e. The van der Waals surface area contributed by atoms with Crippen molar-refractivity contribution >= 4 is 15.9 Å². The summed E-state index contributed by atoms with van der Waals surface area (Å²) in [5.41, 5.74) is 7.86. The highest BCUT2D eigenvalue weighted by atomic mass is 79.9. The van der Waals surface area contributed by atoms with E-state index in [9.17, 15) is 0 Å². The summed E-state index contributed by atoms with van der Waals surface area (Å²) in [5.74, 6) is 0. The molecule has 94 valence electrons. The van der Waals surface area contributed by atoms with Gasteiger partial charge in [0.05, 0.1) is 0 Å². The summed E-state index contributed by atoms with van der Waals surface area (Å²) < 4.78 is 1.02. The van der Waals surface area contributed by atoms with Crippen LogP contribution < -0.4 is 5.73 Å². The van der Waals surface area contributed by atoms with Crippen LogP contribution >= 0.6 is 15.9 Å². The lowest BCUT2D eigenvalue weighted by Gasteiger charge is -2.48. The molecule has 2 nitrogen and oxygen atoms in total. The summed E-state index contributed by atoms with van der Waals surface area (Å²) in [5, 5.41) is 0. The van der Waals surface area contributed by atoms with Gasteiger partial charge in [-0.3, -0.25) is 4.98 Å². The van der Waals surface area contributed by atoms with Gasteiger partial charge in [0.1, 0.15) is 0 Å². The van der Waals surface area contributed by atoms with E-state index >= 15 is 0 Å². The van der Waals surface area contributed by atoms with Gasteiger partial charge in [-0.1, -0.05) is 26.7 Å². The molecule has 3 heteroatoms. The minimum absolute atomic E-state index is 0.105. The molecule has 0 saturated heterocycles. The molecule has 1 fully saturated rings. The Morgan fingerprint density at radius 1 is 1.29 bits per heavy atom. The second-order valence-corrected chi connectivity index (χ2v) is 6.81. The molecule has 1 aromatic heterocycles. The van der Waals surface area contributed by atoms with Crippen LogP contribution in [0, 0.1) is 5.41 Å². The standard InChI is InChI=1S/C14H21BrN2/c1-13(2)7-3-4-8-14(13,16)9-12-6-5-11(15)10-17-12/h5-6,10H,3-4,7-9,16H2,1-2H3. The predicted molar refractivity (Wildman–Crippen MR) is 74.8 cm³/mol. The fraction of sp³-hybridized carbons (Fsp3) is 0.643. The number of nitrogens with two attached hydrogens (primary N) is 1. The Kier molecular flexibility index (Phi) is 3.60. The summed E-state index contributed by atoms with van der Waals surface area (Å²) in [6, 6.07) is 4.12. The molecule has 1 saturated carbocycles. The van der Waals surface area contributed by atoms with Gasteiger partial charge in [0.2, 0.25) is 0 Å². The van der Waals surface area contributed by atoms with E-state index in [4.69, 9.17) is 5.73 Å². The molecule has 17 heavy (non-hydrogen) atoms. The second kappa shape index (κ2) is 4.69. The Morgan fingerprint density at radius 2 is 2.00 bits per heavy atom. The molecule has 0 aliphatic heterocycles. The van der Waals surface area contributed by atoms with Crippen molar-refractivity contribution in [3.63, 3.8) is 0 Å². The Morgan fingerprint density at radius 3 is 2.59 bits per heavy atom. The van der Waals surface area contributed by atoms with E-state index in [-0.39, 0.29) is 11.0 Å². The van der Waals surface area contributed by atoms with Crippen molar-refractivity contribution in [2.24, 2.45) is 11.1 Å². The van der Waals surface area contributed by atoms with Crippen LogP contribution in [0.5, 0.6) is 0 Å². The maximum atomic E-state index is 6.66. The summed E-state index contributed by atoms with van der Waals surface area (Å²) in [6.45, 7) is 4.59. The first-order valence-electron chi connectivity index (χ1n) is 6.32. The van der Waals surface area contributed by atoms with Gasteiger partial charge in [-0.2, -0.15) is 0 Å². The van der Waals surface area contributed by atoms with Crippen molar-refractivity contribution in [2.45, 2.75) is 51.5 Å². The summed E-state index contributed by atoms with van der Waals surface area (Å²) in [7, 11) is 0. The maximum Gasteiger partial charge on any atom is 0.0422 e. The van der Waals surface area contributed by atoms with E-state index in [1.54, 1.807) is 0 Å². The monoisotopic (exact) mass is 296 g/mol. The Bertz CT molecular complexity index is 386. The number of aromatic nitrogens is 1. The predicted octanol–water partition coefficient (Wildman–Crippen LogP) is 3.68. The van der Waals surface area contributed by atoms with Gasteiger partial charge in [0.25, 0.3) is 0 Å². The molecule has 1 aromatic rings. The van der Waals surface area contributed by atoms with Crippen molar-refractivity contribution in [3.05, 3.63) is 28.5 Å². The zero-order valence-electron chi connectivity index (χ0n) is 10.7. The van der Waals surface area contributed by atoms with E-state index in [1.165, 1.54) is 19.3 Å². The van der Waals surface area contributed by atoms with Crippen molar-refractivity contribution in [1.29, 1.82) is 0 Å². The second-order valence-electron chi connectivity index (χ2n) is 5.89. The average Bonchev–Trinajstić information content (AvgIpc) is 2.26. The van der Waals surface area contributed by atoms with Crippen LogP contribution in [0.25, 0.3) is 0 Å². The van der Waals surface area contributed by atoms with Crippen LogP contribution in [0.15, 0.2) is 22.8 Å². The quantitative estimate of drug-likeness (QED) is 0.904. The summed E-state index contributed by atoms with van der Waals surface area (Å²) >= 11 is 3.41. The highest BCUT2D eigenvalue weighted by Crippen LogP contribution is 2.43. The molecule has 0 bridgehead atoms. The van der Waals surface area contributed by atoms with Crippen molar-refractivity contribution in [3.8, 4) is 0 Å². The van der Waals surface area contributed by atoms with Gasteiger partial charge < -0.3 is 5.73 Å². The van der Waals surface area contributed by atoms with Gasteiger partial charge in [-0.05, 0) is 46.3 Å². The number of nitrogens with zero attached hydrogens (tertiary/aromatic N) is 1. The fourth-order valence-electron chi connectivity index (χ4n) is 2.76. The van der Waals surface area contributed by atoms with Crippen LogP contribution in [0.1, 0.15) is 45.2 Å². The first-order chi connectivity index (χ1) is 7.93. The molecule has 0 amide bonds. The van der Waals surface area contributed by atoms with Crippen LogP contribution in [0.4, 0.5) is 0 Å². The van der Waals surface area contributed by atoms with Crippen LogP contribution in [-0.4, -0.2) is 10.5 Å². The number of rotatable bonds is 2. The lowest BCUT2D eigenvalue weighted by molar-refractivity contribution is 0.0981. The molecule has 1 atom stereocenters. The number of pyridine rings is 1. The largest absolute Gasteiger partial charge is 0.324 e. The van der Waals surface area contributed by atoms with Crippen molar-refractivity contribution in [1.82, 2.24) is 4.98 Å². The normalized spacial score (nSPS) is 28.0. The molecule has 1 unspecified atom stereocenters. The number of halogens is 1. The van der Waals surface area contributed by atoms with Gasteiger partial charge in [-0.25, -0.2) is 0 Å². The molecule has 1 aliphatic rings. The van der Waals surface area contributed by atoms with E-state index in [1.807, 2.05) is 12.3 Å². The van der Waals surface area contributed by atoms with Crippen LogP contribution in [-0.2, 0) is 6.42 Å². The lowest BCUT2D eigenvalue weighted by Crippen LogP contribution is -2.56. The minimum Gasteiger partial charge on any atom is -0.324 e. The minimum atomic E-state index is -0.105. The highest BCUT2D eigenvalue weighted by molar-refractivity contribution is 9.10. The van der Waals surface area contributed by atoms with E-state index in [0.717, 1.165) is 23.0 Å². The van der Waals surface area contributed by atoms with Gasteiger partial charge in [-0.15, -0.1) is 0 Å². The molecule has 0 radical (unpaired) electrons. The molecule has 1 heterocycles. The molecular weight excluding hydrogens is 276 g/mol. The topological polar surface area (TPSA) is 38.9 Å². The zero-order valence-corrected chi connectivity index (χ0v) is 12.3. The first-order valence-corrected chi connectivity index (χ1v) is 7.12. The molecule has 2 rings (SSSR count). The van der Waals surface area contributed by atoms with E-state index < -0.39 is 0 Å². The van der Waals surface area contributed by atoms with Crippen molar-refractivity contribution in [2.75, 3.05) is 0 Å². The Labute approximate surface area is 112 Å². The third-order valence-corrected chi connectivity index (χ3v) is 4.78. The highest BCUT2D eigenvalue weighted by Gasteiger charge is 2.43.